The molecule has 0 aliphatic carbocycles. The summed E-state index contributed by atoms with van der Waals surface area (Å²) in [7, 11) is 0. The molecule has 0 unspecified atom stereocenters. The number of aryl methyl sites for hydroxylation is 1. The highest BCUT2D eigenvalue weighted by atomic mass is 16.3. The van der Waals surface area contributed by atoms with E-state index in [-0.39, 0.29) is 12.0 Å². The molecule has 1 aromatic carbocycles. The Hall–Kier alpha value is -1.02. The fourth-order valence-electron chi connectivity index (χ4n) is 1.32. The lowest BCUT2D eigenvalue weighted by molar-refractivity contribution is 0.218. The Morgan fingerprint density at radius 2 is 1.79 bits per heavy atom. The van der Waals surface area contributed by atoms with E-state index < -0.39 is 0 Å². The van der Waals surface area contributed by atoms with Gasteiger partial charge in [-0.25, -0.2) is 0 Å². The first-order valence-corrected chi connectivity index (χ1v) is 4.80. The molecule has 0 radical (unpaired) electrons. The summed E-state index contributed by atoms with van der Waals surface area (Å²) in [5.74, 6) is 0.307. The standard InChI is InChI=1S/C12H18O2/c1-8-5-10(12(3,4)7-13)6-11(14)9(8)2/h5-6,13-14H,7H2,1-4H3. The van der Waals surface area contributed by atoms with Crippen LogP contribution in [0.3, 0.4) is 0 Å². The summed E-state index contributed by atoms with van der Waals surface area (Å²) in [6.07, 6.45) is 0. The summed E-state index contributed by atoms with van der Waals surface area (Å²) in [6.45, 7) is 7.84. The molecule has 0 spiro atoms. The maximum atomic E-state index is 9.66. The lowest BCUT2D eigenvalue weighted by Crippen LogP contribution is -2.22. The topological polar surface area (TPSA) is 40.5 Å². The van der Waals surface area contributed by atoms with E-state index in [4.69, 9.17) is 0 Å². The van der Waals surface area contributed by atoms with Gasteiger partial charge in [-0.3, -0.25) is 0 Å². The number of phenols is 1. The van der Waals surface area contributed by atoms with Gasteiger partial charge in [0.1, 0.15) is 5.75 Å². The molecule has 2 heteroatoms. The van der Waals surface area contributed by atoms with Crippen molar-refractivity contribution in [3.8, 4) is 5.75 Å². The van der Waals surface area contributed by atoms with Crippen LogP contribution in [-0.4, -0.2) is 16.8 Å². The van der Waals surface area contributed by atoms with E-state index in [9.17, 15) is 10.2 Å². The van der Waals surface area contributed by atoms with E-state index in [1.807, 2.05) is 33.8 Å². The van der Waals surface area contributed by atoms with Crippen molar-refractivity contribution in [2.75, 3.05) is 6.61 Å². The van der Waals surface area contributed by atoms with Gasteiger partial charge in [-0.05, 0) is 36.6 Å². The lowest BCUT2D eigenvalue weighted by atomic mass is 9.84. The van der Waals surface area contributed by atoms with Crippen molar-refractivity contribution < 1.29 is 10.2 Å². The molecule has 0 fully saturated rings. The molecule has 1 rings (SSSR count). The zero-order valence-corrected chi connectivity index (χ0v) is 9.26. The van der Waals surface area contributed by atoms with Crippen LogP contribution in [-0.2, 0) is 5.41 Å². The van der Waals surface area contributed by atoms with Crippen LogP contribution in [0, 0.1) is 13.8 Å². The van der Waals surface area contributed by atoms with Crippen LogP contribution in [0.4, 0.5) is 0 Å². The molecule has 0 heterocycles. The molecule has 2 nitrogen and oxygen atoms in total. The van der Waals surface area contributed by atoms with Crippen LogP contribution >= 0.6 is 0 Å². The smallest absolute Gasteiger partial charge is 0.119 e. The number of benzene rings is 1. The third-order valence-electron chi connectivity index (χ3n) is 2.82. The summed E-state index contributed by atoms with van der Waals surface area (Å²) >= 11 is 0. The molecule has 0 aromatic heterocycles. The van der Waals surface area contributed by atoms with E-state index >= 15 is 0 Å². The molecule has 0 saturated carbocycles. The third kappa shape index (κ3) is 1.90. The van der Waals surface area contributed by atoms with Crippen molar-refractivity contribution in [2.45, 2.75) is 33.1 Å². The van der Waals surface area contributed by atoms with Crippen molar-refractivity contribution in [2.24, 2.45) is 0 Å². The van der Waals surface area contributed by atoms with E-state index in [1.54, 1.807) is 6.07 Å². The summed E-state index contributed by atoms with van der Waals surface area (Å²) in [6, 6.07) is 3.75. The Kier molecular flexibility index (Phi) is 2.86. The van der Waals surface area contributed by atoms with Crippen LogP contribution in [0.15, 0.2) is 12.1 Å². The van der Waals surface area contributed by atoms with Gasteiger partial charge in [-0.2, -0.15) is 0 Å². The first-order chi connectivity index (χ1) is 6.38. The molecular formula is C12H18O2. The number of rotatable bonds is 2. The van der Waals surface area contributed by atoms with E-state index in [0.717, 1.165) is 16.7 Å². The summed E-state index contributed by atoms with van der Waals surface area (Å²) < 4.78 is 0. The van der Waals surface area contributed by atoms with Crippen LogP contribution in [0.25, 0.3) is 0 Å². The molecule has 78 valence electrons. The zero-order chi connectivity index (χ0) is 10.9. The first-order valence-electron chi connectivity index (χ1n) is 4.80. The predicted molar refractivity (Wildman–Crippen MR) is 57.7 cm³/mol. The van der Waals surface area contributed by atoms with E-state index in [1.165, 1.54) is 0 Å². The quantitative estimate of drug-likeness (QED) is 0.758. The second-order valence-electron chi connectivity index (χ2n) is 4.48. The van der Waals surface area contributed by atoms with Crippen molar-refractivity contribution in [3.63, 3.8) is 0 Å². The first kappa shape index (κ1) is 11.1. The van der Waals surface area contributed by atoms with Crippen molar-refractivity contribution in [1.82, 2.24) is 0 Å². The summed E-state index contributed by atoms with van der Waals surface area (Å²) in [5, 5.41) is 18.9. The van der Waals surface area contributed by atoms with Gasteiger partial charge >= 0.3 is 0 Å². The van der Waals surface area contributed by atoms with Gasteiger partial charge in [0.05, 0.1) is 6.61 Å². The van der Waals surface area contributed by atoms with Crippen LogP contribution in [0.5, 0.6) is 5.75 Å². The molecular weight excluding hydrogens is 176 g/mol. The molecule has 14 heavy (non-hydrogen) atoms. The number of aliphatic hydroxyl groups is 1. The highest BCUT2D eigenvalue weighted by molar-refractivity contribution is 5.43. The minimum atomic E-state index is -0.296. The Labute approximate surface area is 85.2 Å². The summed E-state index contributed by atoms with van der Waals surface area (Å²) in [4.78, 5) is 0. The molecule has 0 aliphatic heterocycles. The fourth-order valence-corrected chi connectivity index (χ4v) is 1.32. The minimum absolute atomic E-state index is 0.0783. The van der Waals surface area contributed by atoms with Crippen molar-refractivity contribution >= 4 is 0 Å². The Bertz CT molecular complexity index is 317. The van der Waals surface area contributed by atoms with E-state index in [2.05, 4.69) is 0 Å². The molecule has 2 N–H and O–H groups in total. The Morgan fingerprint density at radius 1 is 1.21 bits per heavy atom. The predicted octanol–water partition coefficient (Wildman–Crippen LogP) is 2.28. The largest absolute Gasteiger partial charge is 0.508 e. The number of aliphatic hydroxyl groups excluding tert-OH is 1. The highest BCUT2D eigenvalue weighted by Gasteiger charge is 2.20. The van der Waals surface area contributed by atoms with Gasteiger partial charge < -0.3 is 10.2 Å². The summed E-state index contributed by atoms with van der Waals surface area (Å²) in [5.41, 5.74) is 2.64. The normalized spacial score (nSPS) is 11.8. The second-order valence-corrected chi connectivity index (χ2v) is 4.48. The molecule has 0 amide bonds. The maximum Gasteiger partial charge on any atom is 0.119 e. The van der Waals surface area contributed by atoms with Gasteiger partial charge in [0.25, 0.3) is 0 Å². The van der Waals surface area contributed by atoms with E-state index in [0.29, 0.717) is 5.75 Å². The monoisotopic (exact) mass is 194 g/mol. The molecule has 1 aromatic rings. The van der Waals surface area contributed by atoms with Crippen LogP contribution < -0.4 is 0 Å². The molecule has 0 atom stereocenters. The third-order valence-corrected chi connectivity index (χ3v) is 2.82. The lowest BCUT2D eigenvalue weighted by Gasteiger charge is -2.23. The minimum Gasteiger partial charge on any atom is -0.508 e. The van der Waals surface area contributed by atoms with Gasteiger partial charge in [0.15, 0.2) is 0 Å². The SMILES string of the molecule is Cc1cc(C(C)(C)CO)cc(O)c1C. The fraction of sp³-hybridized carbons (Fsp3) is 0.500. The van der Waals surface area contributed by atoms with Gasteiger partial charge in [-0.1, -0.05) is 19.9 Å². The second kappa shape index (κ2) is 3.62. The maximum absolute atomic E-state index is 9.66. The zero-order valence-electron chi connectivity index (χ0n) is 9.26. The number of phenolic OH excluding ortho intramolecular Hbond substituents is 1. The Balaban J connectivity index is 3.26. The molecule has 0 aliphatic rings. The van der Waals surface area contributed by atoms with Crippen molar-refractivity contribution in [3.05, 3.63) is 28.8 Å². The average Bonchev–Trinajstić information content (AvgIpc) is 2.13. The number of hydrogen-bond donors (Lipinski definition) is 2. The number of hydrogen-bond acceptors (Lipinski definition) is 2. The van der Waals surface area contributed by atoms with Crippen molar-refractivity contribution in [1.29, 1.82) is 0 Å². The highest BCUT2D eigenvalue weighted by Crippen LogP contribution is 2.29. The van der Waals surface area contributed by atoms with Gasteiger partial charge in [0.2, 0.25) is 0 Å². The molecule has 0 saturated heterocycles. The Morgan fingerprint density at radius 3 is 2.21 bits per heavy atom. The van der Waals surface area contributed by atoms with Crippen LogP contribution in [0.2, 0.25) is 0 Å². The average molecular weight is 194 g/mol. The molecule has 0 bridgehead atoms. The van der Waals surface area contributed by atoms with Gasteiger partial charge in [-0.15, -0.1) is 0 Å². The van der Waals surface area contributed by atoms with Gasteiger partial charge in [0, 0.05) is 5.41 Å². The van der Waals surface area contributed by atoms with Crippen LogP contribution in [0.1, 0.15) is 30.5 Å². The number of aromatic hydroxyl groups is 1.